The van der Waals surface area contributed by atoms with Gasteiger partial charge in [-0.15, -0.1) is 0 Å². The third-order valence-corrected chi connectivity index (χ3v) is 3.72. The summed E-state index contributed by atoms with van der Waals surface area (Å²) in [7, 11) is 0. The fourth-order valence-corrected chi connectivity index (χ4v) is 2.48. The lowest BCUT2D eigenvalue weighted by Gasteiger charge is -2.22. The molecule has 0 spiro atoms. The lowest BCUT2D eigenvalue weighted by Crippen LogP contribution is -2.38. The van der Waals surface area contributed by atoms with Gasteiger partial charge in [-0.25, -0.2) is 0 Å². The van der Waals surface area contributed by atoms with E-state index in [9.17, 15) is 4.79 Å². The molecule has 1 aliphatic carbocycles. The summed E-state index contributed by atoms with van der Waals surface area (Å²) in [5, 5.41) is 7.32. The Labute approximate surface area is 129 Å². The van der Waals surface area contributed by atoms with Crippen LogP contribution in [0.5, 0.6) is 0 Å². The van der Waals surface area contributed by atoms with Crippen molar-refractivity contribution in [2.24, 2.45) is 10.9 Å². The molecule has 21 heavy (non-hydrogen) atoms. The van der Waals surface area contributed by atoms with E-state index < -0.39 is 0 Å². The number of halogens is 1. The molecule has 0 heterocycles. The molecule has 0 radical (unpaired) electrons. The monoisotopic (exact) mass is 309 g/mol. The number of nitrogens with zero attached hydrogens (tertiary/aromatic N) is 1. The molecule has 3 N–H and O–H groups in total. The van der Waals surface area contributed by atoms with Gasteiger partial charge in [-0.2, -0.15) is 0 Å². The zero-order valence-corrected chi connectivity index (χ0v) is 12.6. The van der Waals surface area contributed by atoms with Gasteiger partial charge in [0.2, 0.25) is 0 Å². The Morgan fingerprint density at radius 1 is 1.29 bits per heavy atom. The highest BCUT2D eigenvalue weighted by Crippen LogP contribution is 2.17. The Balaban J connectivity index is 1.75. The number of amidine groups is 1. The van der Waals surface area contributed by atoms with Gasteiger partial charge >= 0.3 is 0 Å². The molecule has 5 nitrogen and oxygen atoms in total. The van der Waals surface area contributed by atoms with Crippen LogP contribution in [0.3, 0.4) is 0 Å². The van der Waals surface area contributed by atoms with Crippen LogP contribution in [0.4, 0.5) is 0 Å². The topological polar surface area (TPSA) is 76.7 Å². The van der Waals surface area contributed by atoms with E-state index >= 15 is 0 Å². The second-order valence-corrected chi connectivity index (χ2v) is 5.60. The van der Waals surface area contributed by atoms with Crippen molar-refractivity contribution in [2.45, 2.75) is 38.1 Å². The summed E-state index contributed by atoms with van der Waals surface area (Å²) in [6.45, 7) is -0.120. The first-order chi connectivity index (χ1) is 10.1. The first kappa shape index (κ1) is 15.6. The molecule has 1 fully saturated rings. The van der Waals surface area contributed by atoms with Crippen LogP contribution in [-0.2, 0) is 9.63 Å². The Kier molecular flexibility index (Phi) is 5.87. The first-order valence-corrected chi connectivity index (χ1v) is 7.53. The molecule has 114 valence electrons. The normalized spacial score (nSPS) is 16.5. The van der Waals surface area contributed by atoms with Crippen molar-refractivity contribution in [3.8, 4) is 0 Å². The third kappa shape index (κ3) is 5.27. The van der Waals surface area contributed by atoms with Crippen LogP contribution in [0.15, 0.2) is 29.4 Å². The van der Waals surface area contributed by atoms with E-state index in [4.69, 9.17) is 22.2 Å². The minimum absolute atomic E-state index is 0.120. The van der Waals surface area contributed by atoms with Crippen LogP contribution in [0.1, 0.15) is 37.7 Å². The van der Waals surface area contributed by atoms with Crippen LogP contribution >= 0.6 is 11.6 Å². The highest BCUT2D eigenvalue weighted by Gasteiger charge is 2.15. The summed E-state index contributed by atoms with van der Waals surface area (Å²) in [6, 6.07) is 7.19. The molecule has 1 amide bonds. The highest BCUT2D eigenvalue weighted by atomic mass is 35.5. The number of nitrogens with two attached hydrogens (primary N) is 1. The van der Waals surface area contributed by atoms with Gasteiger partial charge in [0.25, 0.3) is 5.91 Å². The maximum absolute atomic E-state index is 11.7. The summed E-state index contributed by atoms with van der Waals surface area (Å²) < 4.78 is 0. The van der Waals surface area contributed by atoms with Gasteiger partial charge < -0.3 is 15.9 Å². The molecule has 2 rings (SSSR count). The second kappa shape index (κ2) is 7.88. The van der Waals surface area contributed by atoms with E-state index in [-0.39, 0.29) is 24.4 Å². The predicted molar refractivity (Wildman–Crippen MR) is 83.1 cm³/mol. The van der Waals surface area contributed by atoms with E-state index in [2.05, 4.69) is 10.5 Å². The molecule has 0 atom stereocenters. The highest BCUT2D eigenvalue weighted by molar-refractivity contribution is 6.30. The molecule has 1 aromatic carbocycles. The third-order valence-electron chi connectivity index (χ3n) is 3.47. The van der Waals surface area contributed by atoms with E-state index in [0.29, 0.717) is 10.6 Å². The molecule has 0 aromatic heterocycles. The number of hydrogen-bond acceptors (Lipinski definition) is 3. The van der Waals surface area contributed by atoms with Gasteiger partial charge in [0, 0.05) is 16.6 Å². The predicted octanol–water partition coefficient (Wildman–Crippen LogP) is 2.43. The van der Waals surface area contributed by atoms with Gasteiger partial charge in [0.15, 0.2) is 12.4 Å². The van der Waals surface area contributed by atoms with Crippen molar-refractivity contribution in [2.75, 3.05) is 6.61 Å². The number of amides is 1. The summed E-state index contributed by atoms with van der Waals surface area (Å²) >= 11 is 5.79. The molecule has 1 aliphatic rings. The van der Waals surface area contributed by atoms with Crippen molar-refractivity contribution in [1.82, 2.24) is 5.32 Å². The Bertz CT molecular complexity index is 496. The Morgan fingerprint density at radius 3 is 2.62 bits per heavy atom. The molecule has 1 aromatic rings. The minimum Gasteiger partial charge on any atom is -0.384 e. The fraction of sp³-hybridized carbons (Fsp3) is 0.467. The van der Waals surface area contributed by atoms with Crippen molar-refractivity contribution in [1.29, 1.82) is 0 Å². The molecule has 0 saturated heterocycles. The molecule has 0 bridgehead atoms. The maximum Gasteiger partial charge on any atom is 0.260 e. The minimum atomic E-state index is -0.158. The van der Waals surface area contributed by atoms with Crippen molar-refractivity contribution < 1.29 is 9.63 Å². The van der Waals surface area contributed by atoms with E-state index in [0.717, 1.165) is 12.8 Å². The van der Waals surface area contributed by atoms with Crippen LogP contribution in [0, 0.1) is 0 Å². The van der Waals surface area contributed by atoms with Crippen molar-refractivity contribution in [3.63, 3.8) is 0 Å². The number of benzene rings is 1. The van der Waals surface area contributed by atoms with E-state index in [1.165, 1.54) is 19.3 Å². The van der Waals surface area contributed by atoms with Gasteiger partial charge in [0.05, 0.1) is 0 Å². The number of hydrogen-bond donors (Lipinski definition) is 2. The summed E-state index contributed by atoms with van der Waals surface area (Å²) in [5.41, 5.74) is 6.47. The second-order valence-electron chi connectivity index (χ2n) is 5.16. The summed E-state index contributed by atoms with van der Waals surface area (Å²) in [6.07, 6.45) is 5.69. The molecule has 6 heteroatoms. The van der Waals surface area contributed by atoms with Crippen LogP contribution < -0.4 is 11.1 Å². The van der Waals surface area contributed by atoms with E-state index in [1.54, 1.807) is 24.3 Å². The average molecular weight is 310 g/mol. The van der Waals surface area contributed by atoms with Crippen LogP contribution in [0.2, 0.25) is 5.02 Å². The first-order valence-electron chi connectivity index (χ1n) is 7.16. The largest absolute Gasteiger partial charge is 0.384 e. The molecular weight excluding hydrogens is 290 g/mol. The lowest BCUT2D eigenvalue weighted by atomic mass is 9.95. The van der Waals surface area contributed by atoms with E-state index in [1.807, 2.05) is 0 Å². The fourth-order valence-electron chi connectivity index (χ4n) is 2.35. The average Bonchev–Trinajstić information content (AvgIpc) is 2.49. The summed E-state index contributed by atoms with van der Waals surface area (Å²) in [5.74, 6) is 0.0617. The van der Waals surface area contributed by atoms with Crippen LogP contribution in [-0.4, -0.2) is 24.4 Å². The molecular formula is C15H20ClN3O2. The Morgan fingerprint density at radius 2 is 1.95 bits per heavy atom. The van der Waals surface area contributed by atoms with Crippen molar-refractivity contribution >= 4 is 23.3 Å². The zero-order chi connectivity index (χ0) is 15.1. The molecule has 1 saturated carbocycles. The molecule has 0 aliphatic heterocycles. The number of carbonyl (C=O) groups is 1. The van der Waals surface area contributed by atoms with Gasteiger partial charge in [-0.05, 0) is 37.1 Å². The lowest BCUT2D eigenvalue weighted by molar-refractivity contribution is -0.126. The standard InChI is InChI=1S/C15H20ClN3O2/c16-12-8-6-11(7-9-12)15(17)19-21-10-14(20)18-13-4-2-1-3-5-13/h6-9,13H,1-5,10H2,(H2,17,19)(H,18,20). The number of nitrogens with one attached hydrogen (secondary N) is 1. The number of carbonyl (C=O) groups excluding carboxylic acids is 1. The van der Waals surface area contributed by atoms with Gasteiger partial charge in [-0.3, -0.25) is 4.79 Å². The SMILES string of the molecule is N/C(=N\OCC(=O)NC1CCCCC1)c1ccc(Cl)cc1. The Hall–Kier alpha value is -1.75. The van der Waals surface area contributed by atoms with Crippen LogP contribution in [0.25, 0.3) is 0 Å². The molecule has 0 unspecified atom stereocenters. The van der Waals surface area contributed by atoms with Gasteiger partial charge in [-0.1, -0.05) is 36.0 Å². The maximum atomic E-state index is 11.7. The zero-order valence-electron chi connectivity index (χ0n) is 11.8. The number of rotatable bonds is 5. The summed E-state index contributed by atoms with van der Waals surface area (Å²) in [4.78, 5) is 16.7. The quantitative estimate of drug-likeness (QED) is 0.498. The smallest absolute Gasteiger partial charge is 0.260 e. The number of oxime groups is 1. The van der Waals surface area contributed by atoms with Gasteiger partial charge in [0.1, 0.15) is 0 Å². The van der Waals surface area contributed by atoms with Crippen molar-refractivity contribution in [3.05, 3.63) is 34.9 Å².